The summed E-state index contributed by atoms with van der Waals surface area (Å²) in [5.41, 5.74) is 0.586. The van der Waals surface area contributed by atoms with Gasteiger partial charge in [-0.25, -0.2) is 0 Å². The van der Waals surface area contributed by atoms with E-state index in [1.54, 1.807) is 4.68 Å². The molecule has 0 fully saturated rings. The second-order valence-electron chi connectivity index (χ2n) is 3.64. The molecule has 1 unspecified atom stereocenters. The summed E-state index contributed by atoms with van der Waals surface area (Å²) in [4.78, 5) is 0.657. The average molecular weight is 259 g/mol. The molecule has 2 aromatic rings. The SMILES string of the molecule is CC(C)n1ncc(Cl)c1C(O)c1cnns1. The lowest BCUT2D eigenvalue weighted by Crippen LogP contribution is -2.11. The molecular formula is C9H11ClN4OS. The first-order chi connectivity index (χ1) is 7.61. The first kappa shape index (κ1) is 11.5. The van der Waals surface area contributed by atoms with Gasteiger partial charge >= 0.3 is 0 Å². The molecule has 0 radical (unpaired) electrons. The van der Waals surface area contributed by atoms with Crippen molar-refractivity contribution in [1.82, 2.24) is 19.4 Å². The van der Waals surface area contributed by atoms with Gasteiger partial charge < -0.3 is 5.11 Å². The van der Waals surface area contributed by atoms with Crippen LogP contribution >= 0.6 is 23.1 Å². The third-order valence-electron chi connectivity index (χ3n) is 2.18. The summed E-state index contributed by atoms with van der Waals surface area (Å²) in [6, 6.07) is 0.137. The molecule has 16 heavy (non-hydrogen) atoms. The molecule has 0 aliphatic carbocycles. The zero-order chi connectivity index (χ0) is 11.7. The largest absolute Gasteiger partial charge is 0.381 e. The molecule has 2 rings (SSSR count). The first-order valence-corrected chi connectivity index (χ1v) is 5.94. The molecule has 0 spiro atoms. The highest BCUT2D eigenvalue weighted by atomic mass is 35.5. The average Bonchev–Trinajstić information content (AvgIpc) is 2.84. The normalized spacial score (nSPS) is 13.3. The van der Waals surface area contributed by atoms with Gasteiger partial charge in [-0.05, 0) is 25.4 Å². The van der Waals surface area contributed by atoms with Crippen molar-refractivity contribution in [2.45, 2.75) is 26.0 Å². The van der Waals surface area contributed by atoms with E-state index in [2.05, 4.69) is 14.7 Å². The van der Waals surface area contributed by atoms with Crippen LogP contribution in [0.3, 0.4) is 0 Å². The molecular weight excluding hydrogens is 248 g/mol. The van der Waals surface area contributed by atoms with Gasteiger partial charge in [0.05, 0.1) is 28.0 Å². The maximum absolute atomic E-state index is 10.2. The van der Waals surface area contributed by atoms with Crippen LogP contribution in [0.1, 0.15) is 36.6 Å². The molecule has 7 heteroatoms. The van der Waals surface area contributed by atoms with Gasteiger partial charge in [-0.2, -0.15) is 5.10 Å². The fourth-order valence-electron chi connectivity index (χ4n) is 1.45. The van der Waals surface area contributed by atoms with Gasteiger partial charge in [0.25, 0.3) is 0 Å². The summed E-state index contributed by atoms with van der Waals surface area (Å²) < 4.78 is 5.42. The Bertz CT molecular complexity index is 468. The van der Waals surface area contributed by atoms with E-state index >= 15 is 0 Å². The fraction of sp³-hybridized carbons (Fsp3) is 0.444. The van der Waals surface area contributed by atoms with Gasteiger partial charge in [0.15, 0.2) is 0 Å². The van der Waals surface area contributed by atoms with Crippen LogP contribution in [-0.4, -0.2) is 24.5 Å². The first-order valence-electron chi connectivity index (χ1n) is 4.79. The molecule has 0 amide bonds. The molecule has 2 heterocycles. The number of aliphatic hydroxyl groups is 1. The number of hydrogen-bond donors (Lipinski definition) is 1. The predicted molar refractivity (Wildman–Crippen MR) is 61.6 cm³/mol. The number of nitrogens with zero attached hydrogens (tertiary/aromatic N) is 4. The number of aromatic nitrogens is 4. The Kier molecular flexibility index (Phi) is 3.22. The van der Waals surface area contributed by atoms with Crippen LogP contribution in [0.25, 0.3) is 0 Å². The van der Waals surface area contributed by atoms with Gasteiger partial charge in [-0.3, -0.25) is 4.68 Å². The van der Waals surface area contributed by atoms with Crippen LogP contribution in [0.15, 0.2) is 12.4 Å². The van der Waals surface area contributed by atoms with Crippen molar-refractivity contribution < 1.29 is 5.11 Å². The van der Waals surface area contributed by atoms with E-state index in [9.17, 15) is 5.11 Å². The number of halogens is 1. The van der Waals surface area contributed by atoms with Gasteiger partial charge in [-0.15, -0.1) is 5.10 Å². The second-order valence-corrected chi connectivity index (χ2v) is 4.86. The number of aliphatic hydroxyl groups excluding tert-OH is 1. The van der Waals surface area contributed by atoms with Crippen molar-refractivity contribution in [2.75, 3.05) is 0 Å². The highest BCUT2D eigenvalue weighted by Crippen LogP contribution is 2.30. The summed E-state index contributed by atoms with van der Waals surface area (Å²) in [7, 11) is 0. The van der Waals surface area contributed by atoms with Crippen molar-refractivity contribution in [2.24, 2.45) is 0 Å². The predicted octanol–water partition coefficient (Wildman–Crippen LogP) is 2.05. The summed E-state index contributed by atoms with van der Waals surface area (Å²) in [5.74, 6) is 0. The smallest absolute Gasteiger partial charge is 0.134 e. The Morgan fingerprint density at radius 1 is 1.44 bits per heavy atom. The van der Waals surface area contributed by atoms with Gasteiger partial charge in [0, 0.05) is 6.04 Å². The van der Waals surface area contributed by atoms with E-state index in [0.717, 1.165) is 11.5 Å². The zero-order valence-electron chi connectivity index (χ0n) is 8.83. The Hall–Kier alpha value is -0.980. The highest BCUT2D eigenvalue weighted by molar-refractivity contribution is 7.05. The molecule has 0 saturated heterocycles. The lowest BCUT2D eigenvalue weighted by molar-refractivity contribution is 0.208. The Labute approximate surface area is 102 Å². The van der Waals surface area contributed by atoms with Gasteiger partial charge in [-0.1, -0.05) is 16.1 Å². The van der Waals surface area contributed by atoms with Crippen LogP contribution in [0.5, 0.6) is 0 Å². The Morgan fingerprint density at radius 3 is 2.75 bits per heavy atom. The van der Waals surface area contributed by atoms with E-state index in [1.165, 1.54) is 12.4 Å². The Morgan fingerprint density at radius 2 is 2.19 bits per heavy atom. The van der Waals surface area contributed by atoms with E-state index < -0.39 is 6.10 Å². The number of rotatable bonds is 3. The second kappa shape index (κ2) is 4.48. The quantitative estimate of drug-likeness (QED) is 0.915. The minimum Gasteiger partial charge on any atom is -0.381 e. The van der Waals surface area contributed by atoms with Gasteiger partial charge in [0.2, 0.25) is 0 Å². The molecule has 5 nitrogen and oxygen atoms in total. The van der Waals surface area contributed by atoms with E-state index in [1.807, 2.05) is 13.8 Å². The van der Waals surface area contributed by atoms with Crippen molar-refractivity contribution in [3.8, 4) is 0 Å². The monoisotopic (exact) mass is 258 g/mol. The molecule has 0 aliphatic rings. The summed E-state index contributed by atoms with van der Waals surface area (Å²) in [6.07, 6.45) is 2.25. The van der Waals surface area contributed by atoms with Crippen molar-refractivity contribution in [3.05, 3.63) is 28.0 Å². The third-order valence-corrected chi connectivity index (χ3v) is 3.19. The molecule has 0 aromatic carbocycles. The lowest BCUT2D eigenvalue weighted by atomic mass is 10.2. The van der Waals surface area contributed by atoms with Crippen LogP contribution in [-0.2, 0) is 0 Å². The fourth-order valence-corrected chi connectivity index (χ4v) is 2.18. The topological polar surface area (TPSA) is 63.8 Å². The van der Waals surface area contributed by atoms with Gasteiger partial charge in [0.1, 0.15) is 6.10 Å². The van der Waals surface area contributed by atoms with Crippen LogP contribution < -0.4 is 0 Å². The van der Waals surface area contributed by atoms with Crippen LogP contribution in [0, 0.1) is 0 Å². The van der Waals surface area contributed by atoms with Crippen molar-refractivity contribution in [3.63, 3.8) is 0 Å². The highest BCUT2D eigenvalue weighted by Gasteiger charge is 2.22. The summed E-state index contributed by atoms with van der Waals surface area (Å²) >= 11 is 7.17. The van der Waals surface area contributed by atoms with Crippen LogP contribution in [0.2, 0.25) is 5.02 Å². The van der Waals surface area contributed by atoms with E-state index in [-0.39, 0.29) is 6.04 Å². The molecule has 0 bridgehead atoms. The zero-order valence-corrected chi connectivity index (χ0v) is 10.4. The lowest BCUT2D eigenvalue weighted by Gasteiger charge is -2.14. The standard InChI is InChI=1S/C9H11ClN4OS/c1-5(2)14-8(6(10)3-12-14)9(15)7-4-11-13-16-7/h3-5,9,15H,1-2H3. The molecule has 2 aromatic heterocycles. The molecule has 1 atom stereocenters. The Balaban J connectivity index is 2.43. The third kappa shape index (κ3) is 1.95. The molecule has 86 valence electrons. The van der Waals surface area contributed by atoms with Crippen molar-refractivity contribution >= 4 is 23.1 Å². The molecule has 1 N–H and O–H groups in total. The summed E-state index contributed by atoms with van der Waals surface area (Å²) in [6.45, 7) is 3.95. The van der Waals surface area contributed by atoms with E-state index in [0.29, 0.717) is 15.6 Å². The minimum absolute atomic E-state index is 0.137. The maximum atomic E-state index is 10.2. The van der Waals surface area contributed by atoms with Crippen molar-refractivity contribution in [1.29, 1.82) is 0 Å². The summed E-state index contributed by atoms with van der Waals surface area (Å²) in [5, 5.41) is 18.4. The minimum atomic E-state index is -0.822. The molecule has 0 aliphatic heterocycles. The van der Waals surface area contributed by atoms with Crippen LogP contribution in [0.4, 0.5) is 0 Å². The maximum Gasteiger partial charge on any atom is 0.134 e. The molecule has 0 saturated carbocycles. The van der Waals surface area contributed by atoms with E-state index in [4.69, 9.17) is 11.6 Å². The number of hydrogen-bond acceptors (Lipinski definition) is 5.